The van der Waals surface area contributed by atoms with Gasteiger partial charge < -0.3 is 5.32 Å². The fourth-order valence-electron chi connectivity index (χ4n) is 2.15. The Hall–Kier alpha value is -0.720. The first-order valence-electron chi connectivity index (χ1n) is 6.65. The van der Waals surface area contributed by atoms with Crippen molar-refractivity contribution >= 4 is 34.2 Å². The number of nitrogens with one attached hydrogen (secondary N) is 1. The van der Waals surface area contributed by atoms with E-state index in [1.807, 2.05) is 25.1 Å². The molecule has 0 bridgehead atoms. The largest absolute Gasteiger partial charge is 0.306 e. The molecule has 0 aliphatic rings. The summed E-state index contributed by atoms with van der Waals surface area (Å²) in [6.45, 7) is 2.78. The molecule has 1 nitrogen and oxygen atoms in total. The van der Waals surface area contributed by atoms with Gasteiger partial charge >= 0.3 is 0 Å². The number of hydrogen-bond donors (Lipinski definition) is 1. The highest BCUT2D eigenvalue weighted by Gasteiger charge is 2.16. The van der Waals surface area contributed by atoms with E-state index in [0.29, 0.717) is 10.6 Å². The average Bonchev–Trinajstić information content (AvgIpc) is 2.42. The van der Waals surface area contributed by atoms with Crippen molar-refractivity contribution in [3.8, 4) is 0 Å². The van der Waals surface area contributed by atoms with Crippen molar-refractivity contribution < 1.29 is 8.78 Å². The molecule has 21 heavy (non-hydrogen) atoms. The van der Waals surface area contributed by atoms with Crippen molar-refractivity contribution in [1.29, 1.82) is 0 Å². The van der Waals surface area contributed by atoms with E-state index in [0.717, 1.165) is 28.2 Å². The van der Waals surface area contributed by atoms with Gasteiger partial charge in [-0.1, -0.05) is 24.6 Å². The lowest BCUT2D eigenvalue weighted by Crippen LogP contribution is -2.23. The Morgan fingerprint density at radius 3 is 2.33 bits per heavy atom. The molecule has 0 spiro atoms. The predicted octanol–water partition coefficient (Wildman–Crippen LogP) is 5.31. The van der Waals surface area contributed by atoms with Gasteiger partial charge in [0.25, 0.3) is 0 Å². The standard InChI is InChI=1S/C16H15ClF2IN/c1-2-5-21-16(10-3-4-15(20)14(17)8-10)11-6-12(18)9-13(19)7-11/h3-4,6-9,16,21H,2,5H2,1H3. The Labute approximate surface area is 141 Å². The fraction of sp³-hybridized carbons (Fsp3) is 0.250. The minimum atomic E-state index is -0.579. The van der Waals surface area contributed by atoms with Crippen LogP contribution in [0.15, 0.2) is 36.4 Å². The van der Waals surface area contributed by atoms with Gasteiger partial charge in [-0.05, 0) is 70.9 Å². The van der Waals surface area contributed by atoms with E-state index in [1.165, 1.54) is 12.1 Å². The maximum atomic E-state index is 13.5. The first-order chi connectivity index (χ1) is 10.0. The Morgan fingerprint density at radius 2 is 1.76 bits per heavy atom. The first kappa shape index (κ1) is 16.6. The molecule has 0 saturated heterocycles. The SMILES string of the molecule is CCCNC(c1cc(F)cc(F)c1)c1ccc(I)c(Cl)c1. The quantitative estimate of drug-likeness (QED) is 0.645. The monoisotopic (exact) mass is 421 g/mol. The van der Waals surface area contributed by atoms with Crippen molar-refractivity contribution in [2.45, 2.75) is 19.4 Å². The predicted molar refractivity (Wildman–Crippen MR) is 90.7 cm³/mol. The number of halogens is 4. The smallest absolute Gasteiger partial charge is 0.126 e. The van der Waals surface area contributed by atoms with E-state index in [2.05, 4.69) is 27.9 Å². The molecular weight excluding hydrogens is 407 g/mol. The van der Waals surface area contributed by atoms with E-state index in [-0.39, 0.29) is 6.04 Å². The molecule has 0 aliphatic carbocycles. The normalized spacial score (nSPS) is 12.4. The highest BCUT2D eigenvalue weighted by atomic mass is 127. The van der Waals surface area contributed by atoms with Crippen molar-refractivity contribution in [3.63, 3.8) is 0 Å². The van der Waals surface area contributed by atoms with Gasteiger partial charge in [-0.2, -0.15) is 0 Å². The first-order valence-corrected chi connectivity index (χ1v) is 8.11. The lowest BCUT2D eigenvalue weighted by Gasteiger charge is -2.20. The van der Waals surface area contributed by atoms with Crippen molar-refractivity contribution in [3.05, 3.63) is 67.8 Å². The van der Waals surface area contributed by atoms with Crippen molar-refractivity contribution in [2.75, 3.05) is 6.54 Å². The third-order valence-corrected chi connectivity index (χ3v) is 4.67. The van der Waals surface area contributed by atoms with Crippen LogP contribution >= 0.6 is 34.2 Å². The third-order valence-electron chi connectivity index (χ3n) is 3.09. The van der Waals surface area contributed by atoms with Crippen LogP contribution in [0.3, 0.4) is 0 Å². The molecule has 0 aliphatic heterocycles. The van der Waals surface area contributed by atoms with Crippen LogP contribution in [-0.2, 0) is 0 Å². The summed E-state index contributed by atoms with van der Waals surface area (Å²) in [5.41, 5.74) is 1.44. The molecule has 0 radical (unpaired) electrons. The Morgan fingerprint density at radius 1 is 1.10 bits per heavy atom. The van der Waals surface area contributed by atoms with Crippen LogP contribution in [0.2, 0.25) is 5.02 Å². The zero-order valence-electron chi connectivity index (χ0n) is 11.5. The highest BCUT2D eigenvalue weighted by Crippen LogP contribution is 2.28. The van der Waals surface area contributed by atoms with Crippen molar-refractivity contribution in [1.82, 2.24) is 5.32 Å². The maximum absolute atomic E-state index is 13.5. The summed E-state index contributed by atoms with van der Waals surface area (Å²) >= 11 is 8.30. The van der Waals surface area contributed by atoms with Gasteiger partial charge in [0.2, 0.25) is 0 Å². The minimum absolute atomic E-state index is 0.287. The Balaban J connectivity index is 2.43. The molecule has 1 N–H and O–H groups in total. The Bertz CT molecular complexity index is 613. The number of benzene rings is 2. The zero-order valence-corrected chi connectivity index (χ0v) is 14.4. The number of rotatable bonds is 5. The molecular formula is C16H15ClF2IN. The van der Waals surface area contributed by atoms with Crippen LogP contribution in [-0.4, -0.2) is 6.54 Å². The topological polar surface area (TPSA) is 12.0 Å². The van der Waals surface area contributed by atoms with Gasteiger partial charge in [-0.3, -0.25) is 0 Å². The fourth-order valence-corrected chi connectivity index (χ4v) is 2.68. The second-order valence-corrected chi connectivity index (χ2v) is 6.33. The van der Waals surface area contributed by atoms with Gasteiger partial charge in [0, 0.05) is 9.64 Å². The van der Waals surface area contributed by atoms with Gasteiger partial charge in [0.05, 0.1) is 11.1 Å². The molecule has 112 valence electrons. The lowest BCUT2D eigenvalue weighted by molar-refractivity contribution is 0.558. The molecule has 1 unspecified atom stereocenters. The molecule has 2 aromatic carbocycles. The lowest BCUT2D eigenvalue weighted by atomic mass is 9.98. The van der Waals surface area contributed by atoms with Crippen LogP contribution in [0.5, 0.6) is 0 Å². The van der Waals surface area contributed by atoms with Gasteiger partial charge in [0.1, 0.15) is 11.6 Å². The van der Waals surface area contributed by atoms with Gasteiger partial charge in [-0.25, -0.2) is 8.78 Å². The van der Waals surface area contributed by atoms with E-state index < -0.39 is 11.6 Å². The summed E-state index contributed by atoms with van der Waals surface area (Å²) in [4.78, 5) is 0. The summed E-state index contributed by atoms with van der Waals surface area (Å²) in [6, 6.07) is 8.94. The zero-order chi connectivity index (χ0) is 15.4. The van der Waals surface area contributed by atoms with Gasteiger partial charge in [0.15, 0.2) is 0 Å². The van der Waals surface area contributed by atoms with E-state index in [9.17, 15) is 8.78 Å². The highest BCUT2D eigenvalue weighted by molar-refractivity contribution is 14.1. The molecule has 2 rings (SSSR count). The van der Waals surface area contributed by atoms with E-state index in [4.69, 9.17) is 11.6 Å². The maximum Gasteiger partial charge on any atom is 0.126 e. The molecule has 0 aromatic heterocycles. The summed E-state index contributed by atoms with van der Waals surface area (Å²) in [5.74, 6) is -1.16. The summed E-state index contributed by atoms with van der Waals surface area (Å²) in [7, 11) is 0. The van der Waals surface area contributed by atoms with Crippen LogP contribution in [0.4, 0.5) is 8.78 Å². The molecule has 0 amide bonds. The van der Waals surface area contributed by atoms with Crippen LogP contribution in [0.25, 0.3) is 0 Å². The molecule has 0 saturated carbocycles. The average molecular weight is 422 g/mol. The van der Waals surface area contributed by atoms with E-state index in [1.54, 1.807) is 0 Å². The molecule has 0 fully saturated rings. The van der Waals surface area contributed by atoms with E-state index >= 15 is 0 Å². The summed E-state index contributed by atoms with van der Waals surface area (Å²) < 4.78 is 27.9. The molecule has 1 atom stereocenters. The second kappa shape index (κ2) is 7.51. The third kappa shape index (κ3) is 4.37. The van der Waals surface area contributed by atoms with Crippen LogP contribution < -0.4 is 5.32 Å². The van der Waals surface area contributed by atoms with Gasteiger partial charge in [-0.15, -0.1) is 0 Å². The summed E-state index contributed by atoms with van der Waals surface area (Å²) in [5, 5.41) is 3.94. The van der Waals surface area contributed by atoms with Crippen LogP contribution in [0.1, 0.15) is 30.5 Å². The van der Waals surface area contributed by atoms with Crippen molar-refractivity contribution in [2.24, 2.45) is 0 Å². The molecule has 5 heteroatoms. The molecule has 2 aromatic rings. The minimum Gasteiger partial charge on any atom is -0.306 e. The second-order valence-electron chi connectivity index (χ2n) is 4.76. The number of hydrogen-bond acceptors (Lipinski definition) is 1. The van der Waals surface area contributed by atoms with Crippen LogP contribution in [0, 0.1) is 15.2 Å². The molecule has 0 heterocycles. The Kier molecular flexibility index (Phi) is 5.96. The summed E-state index contributed by atoms with van der Waals surface area (Å²) in [6.07, 6.45) is 0.923.